The molecule has 110 valence electrons. The summed E-state index contributed by atoms with van der Waals surface area (Å²) in [6, 6.07) is 8.91. The van der Waals surface area contributed by atoms with Crippen LogP contribution in [-0.2, 0) is 9.59 Å². The monoisotopic (exact) mass is 278 g/mol. The van der Waals surface area contributed by atoms with Gasteiger partial charge in [-0.05, 0) is 18.1 Å². The van der Waals surface area contributed by atoms with Gasteiger partial charge in [-0.2, -0.15) is 0 Å². The number of amides is 1. The molecule has 0 aromatic heterocycles. The van der Waals surface area contributed by atoms with Crippen LogP contribution in [-0.4, -0.2) is 36.6 Å². The molecule has 2 N–H and O–H groups in total. The van der Waals surface area contributed by atoms with E-state index in [4.69, 9.17) is 5.11 Å². The van der Waals surface area contributed by atoms with E-state index in [-0.39, 0.29) is 18.2 Å². The van der Waals surface area contributed by atoms with Crippen LogP contribution in [0.4, 0.5) is 5.69 Å². The van der Waals surface area contributed by atoms with Gasteiger partial charge in [0, 0.05) is 25.7 Å². The number of carbonyl (C=O) groups is 2. The maximum absolute atomic E-state index is 11.8. The summed E-state index contributed by atoms with van der Waals surface area (Å²) in [6.45, 7) is 4.09. The minimum absolute atomic E-state index is 0.136. The Bertz CT molecular complexity index is 446. The summed E-state index contributed by atoms with van der Waals surface area (Å²) >= 11 is 0. The van der Waals surface area contributed by atoms with Crippen molar-refractivity contribution in [2.45, 2.75) is 26.3 Å². The van der Waals surface area contributed by atoms with Crippen molar-refractivity contribution in [1.29, 1.82) is 0 Å². The summed E-state index contributed by atoms with van der Waals surface area (Å²) in [4.78, 5) is 24.8. The van der Waals surface area contributed by atoms with Crippen LogP contribution in [0.15, 0.2) is 30.3 Å². The van der Waals surface area contributed by atoms with Gasteiger partial charge in [-0.15, -0.1) is 0 Å². The molecule has 0 aliphatic rings. The van der Waals surface area contributed by atoms with Gasteiger partial charge in [0.05, 0.1) is 0 Å². The number of nitrogens with zero attached hydrogens (tertiary/aromatic N) is 1. The Labute approximate surface area is 119 Å². The molecule has 5 heteroatoms. The Morgan fingerprint density at radius 2 is 1.85 bits per heavy atom. The second-order valence-electron chi connectivity index (χ2n) is 5.13. The Morgan fingerprint density at radius 1 is 1.25 bits per heavy atom. The van der Waals surface area contributed by atoms with Crippen molar-refractivity contribution in [3.63, 3.8) is 0 Å². The average molecular weight is 278 g/mol. The fourth-order valence-electron chi connectivity index (χ4n) is 1.84. The number of aliphatic carboxylic acids is 1. The quantitative estimate of drug-likeness (QED) is 0.797. The molecular formula is C15H22N2O3. The van der Waals surface area contributed by atoms with E-state index in [1.165, 1.54) is 0 Å². The fraction of sp³-hybridized carbons (Fsp3) is 0.467. The number of nitrogens with one attached hydrogen (secondary N) is 1. The number of carboxylic acid groups (broad SMARTS) is 1. The minimum Gasteiger partial charge on any atom is -0.480 e. The molecule has 1 amide bonds. The van der Waals surface area contributed by atoms with E-state index in [0.717, 1.165) is 5.69 Å². The van der Waals surface area contributed by atoms with E-state index in [2.05, 4.69) is 5.32 Å². The zero-order valence-electron chi connectivity index (χ0n) is 12.2. The summed E-state index contributed by atoms with van der Waals surface area (Å²) in [5, 5.41) is 11.6. The Morgan fingerprint density at radius 3 is 2.35 bits per heavy atom. The standard InChI is InChI=1S/C15H22N2O3/c1-11(2)14(15(19)20)16-13(18)9-10-17(3)12-7-5-4-6-8-12/h4-8,11,14H,9-10H2,1-3H3,(H,16,18)(H,19,20). The smallest absolute Gasteiger partial charge is 0.326 e. The lowest BCUT2D eigenvalue weighted by Gasteiger charge is -2.21. The van der Waals surface area contributed by atoms with E-state index in [0.29, 0.717) is 6.54 Å². The highest BCUT2D eigenvalue weighted by Gasteiger charge is 2.23. The highest BCUT2D eigenvalue weighted by molar-refractivity contribution is 5.83. The number of para-hydroxylation sites is 1. The van der Waals surface area contributed by atoms with Crippen LogP contribution in [0.25, 0.3) is 0 Å². The highest BCUT2D eigenvalue weighted by atomic mass is 16.4. The molecular weight excluding hydrogens is 256 g/mol. The number of benzene rings is 1. The topological polar surface area (TPSA) is 69.6 Å². The summed E-state index contributed by atoms with van der Waals surface area (Å²) in [5.41, 5.74) is 1.03. The van der Waals surface area contributed by atoms with Crippen molar-refractivity contribution in [2.24, 2.45) is 5.92 Å². The van der Waals surface area contributed by atoms with Gasteiger partial charge in [-0.3, -0.25) is 4.79 Å². The molecule has 0 saturated heterocycles. The summed E-state index contributed by atoms with van der Waals surface area (Å²) < 4.78 is 0. The summed E-state index contributed by atoms with van der Waals surface area (Å²) in [6.07, 6.45) is 0.266. The lowest BCUT2D eigenvalue weighted by atomic mass is 10.0. The van der Waals surface area contributed by atoms with Crippen molar-refractivity contribution < 1.29 is 14.7 Å². The van der Waals surface area contributed by atoms with Crippen LogP contribution >= 0.6 is 0 Å². The van der Waals surface area contributed by atoms with Crippen molar-refractivity contribution in [3.05, 3.63) is 30.3 Å². The predicted molar refractivity (Wildman–Crippen MR) is 78.7 cm³/mol. The van der Waals surface area contributed by atoms with Crippen LogP contribution in [0, 0.1) is 5.92 Å². The maximum Gasteiger partial charge on any atom is 0.326 e. The molecule has 1 aromatic rings. The van der Waals surface area contributed by atoms with Crippen molar-refractivity contribution in [3.8, 4) is 0 Å². The van der Waals surface area contributed by atoms with Crippen LogP contribution in [0.2, 0.25) is 0 Å². The first-order valence-electron chi connectivity index (χ1n) is 6.70. The van der Waals surface area contributed by atoms with Gasteiger partial charge in [0.25, 0.3) is 0 Å². The lowest BCUT2D eigenvalue weighted by Crippen LogP contribution is -2.45. The Balaban J connectivity index is 2.45. The summed E-state index contributed by atoms with van der Waals surface area (Å²) in [5.74, 6) is -1.37. The molecule has 0 aliphatic carbocycles. The van der Waals surface area contributed by atoms with Crippen molar-refractivity contribution >= 4 is 17.6 Å². The van der Waals surface area contributed by atoms with Crippen LogP contribution < -0.4 is 10.2 Å². The number of carboxylic acids is 1. The third-order valence-corrected chi connectivity index (χ3v) is 3.12. The van der Waals surface area contributed by atoms with Crippen molar-refractivity contribution in [1.82, 2.24) is 5.32 Å². The van der Waals surface area contributed by atoms with Gasteiger partial charge in [0.15, 0.2) is 0 Å². The third kappa shape index (κ3) is 4.91. The molecule has 0 spiro atoms. The first-order valence-corrected chi connectivity index (χ1v) is 6.70. The Hall–Kier alpha value is -2.04. The van der Waals surface area contributed by atoms with Gasteiger partial charge < -0.3 is 15.3 Å². The molecule has 1 aromatic carbocycles. The minimum atomic E-state index is -0.996. The highest BCUT2D eigenvalue weighted by Crippen LogP contribution is 2.11. The molecule has 1 rings (SSSR count). The molecule has 1 atom stereocenters. The molecule has 1 unspecified atom stereocenters. The van der Waals surface area contributed by atoms with Crippen molar-refractivity contribution in [2.75, 3.05) is 18.5 Å². The number of rotatable bonds is 7. The molecule has 0 bridgehead atoms. The average Bonchev–Trinajstić information content (AvgIpc) is 2.42. The second-order valence-corrected chi connectivity index (χ2v) is 5.13. The van der Waals surface area contributed by atoms with Crippen LogP contribution in [0.1, 0.15) is 20.3 Å². The van der Waals surface area contributed by atoms with Gasteiger partial charge in [0.1, 0.15) is 6.04 Å². The van der Waals surface area contributed by atoms with E-state index >= 15 is 0 Å². The first-order chi connectivity index (χ1) is 9.41. The van der Waals surface area contributed by atoms with E-state index in [9.17, 15) is 9.59 Å². The summed E-state index contributed by atoms with van der Waals surface area (Å²) in [7, 11) is 1.90. The Kier molecular flexibility index (Phi) is 6.03. The molecule has 0 radical (unpaired) electrons. The zero-order chi connectivity index (χ0) is 15.1. The zero-order valence-corrected chi connectivity index (χ0v) is 12.2. The normalized spacial score (nSPS) is 12.0. The maximum atomic E-state index is 11.8. The lowest BCUT2D eigenvalue weighted by molar-refractivity contribution is -0.143. The van der Waals surface area contributed by atoms with Gasteiger partial charge in [-0.1, -0.05) is 32.0 Å². The fourth-order valence-corrected chi connectivity index (χ4v) is 1.84. The van der Waals surface area contributed by atoms with E-state index in [1.54, 1.807) is 13.8 Å². The number of hydrogen-bond donors (Lipinski definition) is 2. The van der Waals surface area contributed by atoms with E-state index < -0.39 is 12.0 Å². The molecule has 20 heavy (non-hydrogen) atoms. The second kappa shape index (κ2) is 7.53. The number of carbonyl (C=O) groups excluding carboxylic acids is 1. The van der Waals surface area contributed by atoms with Gasteiger partial charge in [-0.25, -0.2) is 4.79 Å². The molecule has 5 nitrogen and oxygen atoms in total. The SMILES string of the molecule is CC(C)C(NC(=O)CCN(C)c1ccccc1)C(=O)O. The van der Waals surface area contributed by atoms with Crippen LogP contribution in [0.5, 0.6) is 0 Å². The third-order valence-electron chi connectivity index (χ3n) is 3.12. The molecule has 0 aliphatic heterocycles. The van der Waals surface area contributed by atoms with E-state index in [1.807, 2.05) is 42.3 Å². The largest absolute Gasteiger partial charge is 0.480 e. The molecule has 0 fully saturated rings. The molecule has 0 heterocycles. The van der Waals surface area contributed by atoms with Gasteiger partial charge in [0.2, 0.25) is 5.91 Å². The predicted octanol–water partition coefficient (Wildman–Crippen LogP) is 1.74. The number of anilines is 1. The first kappa shape index (κ1) is 16.0. The number of hydrogen-bond acceptors (Lipinski definition) is 3. The molecule has 0 saturated carbocycles. The van der Waals surface area contributed by atoms with Crippen LogP contribution in [0.3, 0.4) is 0 Å². The van der Waals surface area contributed by atoms with Gasteiger partial charge >= 0.3 is 5.97 Å².